The fourth-order valence-electron chi connectivity index (χ4n) is 2.14. The molecule has 1 atom stereocenters. The highest BCUT2D eigenvalue weighted by atomic mass is 19.1. The van der Waals surface area contributed by atoms with Gasteiger partial charge >= 0.3 is 0 Å². The van der Waals surface area contributed by atoms with Gasteiger partial charge in [0.2, 0.25) is 5.91 Å². The molecule has 2 aromatic rings. The number of rotatable bonds is 5. The third kappa shape index (κ3) is 4.36. The van der Waals surface area contributed by atoms with E-state index in [2.05, 4.69) is 10.6 Å². The quantitative estimate of drug-likeness (QED) is 0.887. The van der Waals surface area contributed by atoms with Gasteiger partial charge in [0.25, 0.3) is 0 Å². The van der Waals surface area contributed by atoms with Crippen molar-refractivity contribution in [1.82, 2.24) is 5.32 Å². The Kier molecular flexibility index (Phi) is 5.22. The van der Waals surface area contributed by atoms with Crippen LogP contribution in [0.2, 0.25) is 0 Å². The molecule has 2 N–H and O–H groups in total. The lowest BCUT2D eigenvalue weighted by Crippen LogP contribution is -2.30. The van der Waals surface area contributed by atoms with E-state index in [0.717, 1.165) is 11.6 Å². The summed E-state index contributed by atoms with van der Waals surface area (Å²) in [6.45, 7) is 3.69. The van der Waals surface area contributed by atoms with Gasteiger partial charge in [-0.25, -0.2) is 8.78 Å². The number of carbonyl (C=O) groups excluding carboxylic acids is 1. The van der Waals surface area contributed by atoms with Gasteiger partial charge in [-0.2, -0.15) is 0 Å². The molecule has 3 nitrogen and oxygen atoms in total. The number of amides is 1. The minimum Gasteiger partial charge on any atom is -0.325 e. The Morgan fingerprint density at radius 2 is 1.95 bits per heavy atom. The summed E-state index contributed by atoms with van der Waals surface area (Å²) in [6, 6.07) is 10.5. The fraction of sp³-hybridized carbons (Fsp3) is 0.235. The van der Waals surface area contributed by atoms with Crippen LogP contribution in [0.4, 0.5) is 14.5 Å². The smallest absolute Gasteiger partial charge is 0.238 e. The highest BCUT2D eigenvalue weighted by molar-refractivity contribution is 5.92. The topological polar surface area (TPSA) is 41.1 Å². The van der Waals surface area contributed by atoms with E-state index in [9.17, 15) is 13.6 Å². The van der Waals surface area contributed by atoms with Gasteiger partial charge in [-0.1, -0.05) is 18.2 Å². The molecular weight excluding hydrogens is 286 g/mol. The molecule has 2 rings (SSSR count). The maximum absolute atomic E-state index is 13.6. The van der Waals surface area contributed by atoms with E-state index in [1.165, 1.54) is 12.1 Å². The number of benzene rings is 2. The summed E-state index contributed by atoms with van der Waals surface area (Å²) in [5, 5.41) is 5.68. The Morgan fingerprint density at radius 1 is 1.18 bits per heavy atom. The zero-order valence-corrected chi connectivity index (χ0v) is 12.5. The van der Waals surface area contributed by atoms with Gasteiger partial charge < -0.3 is 10.6 Å². The number of nitrogens with one attached hydrogen (secondary N) is 2. The van der Waals surface area contributed by atoms with Crippen molar-refractivity contribution < 1.29 is 13.6 Å². The van der Waals surface area contributed by atoms with Gasteiger partial charge in [-0.15, -0.1) is 0 Å². The monoisotopic (exact) mass is 304 g/mol. The van der Waals surface area contributed by atoms with Crippen molar-refractivity contribution in [3.63, 3.8) is 0 Å². The molecule has 0 heterocycles. The first-order valence-corrected chi connectivity index (χ1v) is 7.00. The van der Waals surface area contributed by atoms with Crippen molar-refractivity contribution in [2.45, 2.75) is 19.9 Å². The molecule has 0 aromatic heterocycles. The summed E-state index contributed by atoms with van der Waals surface area (Å²) in [6.07, 6.45) is 0. The molecule has 0 unspecified atom stereocenters. The highest BCUT2D eigenvalue weighted by Gasteiger charge is 2.12. The molecule has 2 aromatic carbocycles. The summed E-state index contributed by atoms with van der Waals surface area (Å²) in [7, 11) is 0. The first-order valence-electron chi connectivity index (χ1n) is 7.00. The van der Waals surface area contributed by atoms with Crippen LogP contribution in [0.1, 0.15) is 24.1 Å². The van der Waals surface area contributed by atoms with Crippen molar-refractivity contribution in [3.8, 4) is 0 Å². The second-order valence-corrected chi connectivity index (χ2v) is 5.19. The van der Waals surface area contributed by atoms with Crippen molar-refractivity contribution in [2.75, 3.05) is 11.9 Å². The Balaban J connectivity index is 1.90. The summed E-state index contributed by atoms with van der Waals surface area (Å²) >= 11 is 0. The van der Waals surface area contributed by atoms with Gasteiger partial charge in [0.1, 0.15) is 11.6 Å². The van der Waals surface area contributed by atoms with Crippen molar-refractivity contribution >= 4 is 11.6 Å². The molecule has 0 aliphatic carbocycles. The van der Waals surface area contributed by atoms with Gasteiger partial charge in [0.05, 0.1) is 6.54 Å². The van der Waals surface area contributed by atoms with Crippen LogP contribution >= 0.6 is 0 Å². The summed E-state index contributed by atoms with van der Waals surface area (Å²) in [4.78, 5) is 11.9. The summed E-state index contributed by atoms with van der Waals surface area (Å²) in [5.41, 5.74) is 2.09. The Labute approximate surface area is 128 Å². The van der Waals surface area contributed by atoms with Crippen molar-refractivity contribution in [2.24, 2.45) is 0 Å². The summed E-state index contributed by atoms with van der Waals surface area (Å²) in [5.74, 6) is -1.47. The molecule has 1 amide bonds. The lowest BCUT2D eigenvalue weighted by Gasteiger charge is -2.15. The molecule has 22 heavy (non-hydrogen) atoms. The molecule has 0 spiro atoms. The Bertz CT molecular complexity index is 673. The standard InChI is InChI=1S/C17H18F2N2O/c1-11-4-3-5-14(8-11)21-17(22)10-20-12(2)15-7-6-13(18)9-16(15)19/h3-9,12,20H,10H2,1-2H3,(H,21,22)/t12-/m1/s1. The number of aryl methyl sites for hydroxylation is 1. The number of hydrogen-bond donors (Lipinski definition) is 2. The van der Waals surface area contributed by atoms with Crippen LogP contribution in [-0.4, -0.2) is 12.5 Å². The third-order valence-corrected chi connectivity index (χ3v) is 3.30. The van der Waals surface area contributed by atoms with E-state index in [-0.39, 0.29) is 12.5 Å². The molecule has 0 aliphatic heterocycles. The van der Waals surface area contributed by atoms with E-state index in [0.29, 0.717) is 11.3 Å². The normalized spacial score (nSPS) is 12.0. The molecule has 0 radical (unpaired) electrons. The number of hydrogen-bond acceptors (Lipinski definition) is 2. The molecule has 0 saturated carbocycles. The maximum atomic E-state index is 13.6. The van der Waals surface area contributed by atoms with Crippen molar-refractivity contribution in [1.29, 1.82) is 0 Å². The van der Waals surface area contributed by atoms with Crippen LogP contribution in [0.3, 0.4) is 0 Å². The maximum Gasteiger partial charge on any atom is 0.238 e. The first kappa shape index (κ1) is 16.1. The lowest BCUT2D eigenvalue weighted by atomic mass is 10.1. The second-order valence-electron chi connectivity index (χ2n) is 5.19. The average Bonchev–Trinajstić information content (AvgIpc) is 2.45. The SMILES string of the molecule is Cc1cccc(NC(=O)CN[C@H](C)c2ccc(F)cc2F)c1. The van der Waals surface area contributed by atoms with Gasteiger partial charge in [-0.3, -0.25) is 4.79 Å². The third-order valence-electron chi connectivity index (χ3n) is 3.30. The van der Waals surface area contributed by atoms with Gasteiger partial charge in [0, 0.05) is 23.4 Å². The Hall–Kier alpha value is -2.27. The molecule has 0 fully saturated rings. The van der Waals surface area contributed by atoms with Gasteiger partial charge in [0.15, 0.2) is 0 Å². The predicted molar refractivity (Wildman–Crippen MR) is 82.6 cm³/mol. The fourth-order valence-corrected chi connectivity index (χ4v) is 2.14. The van der Waals surface area contributed by atoms with Crippen LogP contribution in [0, 0.1) is 18.6 Å². The average molecular weight is 304 g/mol. The molecule has 0 saturated heterocycles. The van der Waals surface area contributed by atoms with Crippen LogP contribution in [0.5, 0.6) is 0 Å². The molecule has 0 aliphatic rings. The lowest BCUT2D eigenvalue weighted by molar-refractivity contribution is -0.115. The summed E-state index contributed by atoms with van der Waals surface area (Å²) < 4.78 is 26.5. The zero-order valence-electron chi connectivity index (χ0n) is 12.5. The van der Waals surface area contributed by atoms with E-state index in [1.807, 2.05) is 25.1 Å². The largest absolute Gasteiger partial charge is 0.325 e. The van der Waals surface area contributed by atoms with Gasteiger partial charge in [-0.05, 0) is 37.6 Å². The van der Waals surface area contributed by atoms with E-state index >= 15 is 0 Å². The second kappa shape index (κ2) is 7.13. The first-order chi connectivity index (χ1) is 10.5. The minimum atomic E-state index is -0.626. The number of carbonyl (C=O) groups is 1. The van der Waals surface area contributed by atoms with Crippen LogP contribution in [0.25, 0.3) is 0 Å². The Morgan fingerprint density at radius 3 is 2.64 bits per heavy atom. The number of halogens is 2. The van der Waals surface area contributed by atoms with Crippen LogP contribution < -0.4 is 10.6 Å². The molecular formula is C17H18F2N2O. The van der Waals surface area contributed by atoms with Crippen molar-refractivity contribution in [3.05, 3.63) is 65.2 Å². The van der Waals surface area contributed by atoms with E-state index < -0.39 is 17.7 Å². The number of anilines is 1. The van der Waals surface area contributed by atoms with Crippen LogP contribution in [-0.2, 0) is 4.79 Å². The van der Waals surface area contributed by atoms with Crippen LogP contribution in [0.15, 0.2) is 42.5 Å². The molecule has 0 bridgehead atoms. The predicted octanol–water partition coefficient (Wildman–Crippen LogP) is 3.56. The zero-order chi connectivity index (χ0) is 16.1. The molecule has 116 valence electrons. The highest BCUT2D eigenvalue weighted by Crippen LogP contribution is 2.17. The molecule has 5 heteroatoms. The van der Waals surface area contributed by atoms with E-state index in [4.69, 9.17) is 0 Å². The van der Waals surface area contributed by atoms with E-state index in [1.54, 1.807) is 13.0 Å². The minimum absolute atomic E-state index is 0.0337.